The van der Waals surface area contributed by atoms with Crippen LogP contribution in [0.2, 0.25) is 5.02 Å². The van der Waals surface area contributed by atoms with Crippen LogP contribution < -0.4 is 5.32 Å². The summed E-state index contributed by atoms with van der Waals surface area (Å²) in [7, 11) is 0. The molecule has 0 radical (unpaired) electrons. The third-order valence-electron chi connectivity index (χ3n) is 3.16. The van der Waals surface area contributed by atoms with Crippen molar-refractivity contribution in [3.8, 4) is 0 Å². The van der Waals surface area contributed by atoms with Crippen LogP contribution in [-0.2, 0) is 0 Å². The van der Waals surface area contributed by atoms with Gasteiger partial charge in [0.2, 0.25) is 0 Å². The molecule has 0 spiro atoms. The molecule has 1 saturated heterocycles. The van der Waals surface area contributed by atoms with Crippen molar-refractivity contribution in [3.05, 3.63) is 34.6 Å². The maximum Gasteiger partial charge on any atom is 0.141 e. The number of benzene rings is 1. The number of piperidine rings is 1. The van der Waals surface area contributed by atoms with Crippen LogP contribution in [0.1, 0.15) is 24.8 Å². The highest BCUT2D eigenvalue weighted by molar-refractivity contribution is 6.30. The molecule has 1 N–H and O–H groups in total. The van der Waals surface area contributed by atoms with Gasteiger partial charge in [0.05, 0.1) is 5.02 Å². The van der Waals surface area contributed by atoms with E-state index in [9.17, 15) is 4.39 Å². The van der Waals surface area contributed by atoms with E-state index < -0.39 is 0 Å². The van der Waals surface area contributed by atoms with Crippen molar-refractivity contribution in [2.75, 3.05) is 13.1 Å². The zero-order valence-electron chi connectivity index (χ0n) is 9.17. The monoisotopic (exact) mass is 263 g/mol. The normalized spacial score (nSPS) is 24.9. The van der Waals surface area contributed by atoms with Gasteiger partial charge in [-0.3, -0.25) is 0 Å². The molecule has 0 bridgehead atoms. The van der Waals surface area contributed by atoms with Crippen molar-refractivity contribution in [2.45, 2.75) is 19.3 Å². The third kappa shape index (κ3) is 2.88. The fourth-order valence-electron chi connectivity index (χ4n) is 2.25. The van der Waals surface area contributed by atoms with E-state index in [-0.39, 0.29) is 23.2 Å². The predicted octanol–water partition coefficient (Wildman–Crippen LogP) is 3.61. The molecule has 1 fully saturated rings. The van der Waals surface area contributed by atoms with E-state index in [0.717, 1.165) is 25.1 Å². The molecule has 1 aromatic carbocycles. The van der Waals surface area contributed by atoms with Crippen LogP contribution in [-0.4, -0.2) is 13.1 Å². The van der Waals surface area contributed by atoms with E-state index in [1.807, 2.05) is 6.07 Å². The van der Waals surface area contributed by atoms with Gasteiger partial charge < -0.3 is 5.32 Å². The van der Waals surface area contributed by atoms with Gasteiger partial charge in [-0.05, 0) is 49.0 Å². The minimum atomic E-state index is -0.331. The zero-order chi connectivity index (χ0) is 10.8. The van der Waals surface area contributed by atoms with E-state index in [2.05, 4.69) is 12.2 Å². The molecular formula is C12H16Cl2FN. The van der Waals surface area contributed by atoms with Crippen molar-refractivity contribution in [1.29, 1.82) is 0 Å². The predicted molar refractivity (Wildman–Crippen MR) is 68.0 cm³/mol. The maximum absolute atomic E-state index is 13.0. The lowest BCUT2D eigenvalue weighted by atomic mass is 9.82. The highest BCUT2D eigenvalue weighted by Gasteiger charge is 2.22. The first-order valence-electron chi connectivity index (χ1n) is 5.34. The molecule has 0 aliphatic carbocycles. The van der Waals surface area contributed by atoms with Crippen molar-refractivity contribution in [3.63, 3.8) is 0 Å². The number of nitrogens with one attached hydrogen (secondary N) is 1. The second kappa shape index (κ2) is 5.85. The van der Waals surface area contributed by atoms with E-state index in [1.165, 1.54) is 6.07 Å². The Morgan fingerprint density at radius 2 is 2.19 bits per heavy atom. The van der Waals surface area contributed by atoms with Gasteiger partial charge in [0.25, 0.3) is 0 Å². The molecule has 1 aliphatic rings. The number of hydrogen-bond acceptors (Lipinski definition) is 1. The average Bonchev–Trinajstić information content (AvgIpc) is 2.23. The maximum atomic E-state index is 13.0. The zero-order valence-corrected chi connectivity index (χ0v) is 10.7. The molecule has 2 atom stereocenters. The lowest BCUT2D eigenvalue weighted by Crippen LogP contribution is -2.33. The largest absolute Gasteiger partial charge is 0.316 e. The van der Waals surface area contributed by atoms with Gasteiger partial charge in [0.1, 0.15) is 5.82 Å². The van der Waals surface area contributed by atoms with Gasteiger partial charge in [-0.15, -0.1) is 12.4 Å². The van der Waals surface area contributed by atoms with Crippen LogP contribution in [0, 0.1) is 11.7 Å². The van der Waals surface area contributed by atoms with Crippen LogP contribution in [0.4, 0.5) is 4.39 Å². The topological polar surface area (TPSA) is 12.0 Å². The molecule has 0 unspecified atom stereocenters. The van der Waals surface area contributed by atoms with Gasteiger partial charge in [-0.2, -0.15) is 0 Å². The Bertz CT molecular complexity index is 357. The highest BCUT2D eigenvalue weighted by Crippen LogP contribution is 2.31. The van der Waals surface area contributed by atoms with Crippen LogP contribution >= 0.6 is 24.0 Å². The molecule has 2 rings (SSSR count). The minimum Gasteiger partial charge on any atom is -0.316 e. The summed E-state index contributed by atoms with van der Waals surface area (Å²) in [5.41, 5.74) is 1.16. The minimum absolute atomic E-state index is 0. The molecule has 0 saturated carbocycles. The molecule has 4 heteroatoms. The van der Waals surface area contributed by atoms with E-state index in [0.29, 0.717) is 11.8 Å². The number of halogens is 3. The number of hydrogen-bond donors (Lipinski definition) is 1. The van der Waals surface area contributed by atoms with Crippen molar-refractivity contribution < 1.29 is 4.39 Å². The quantitative estimate of drug-likeness (QED) is 0.817. The van der Waals surface area contributed by atoms with Gasteiger partial charge >= 0.3 is 0 Å². The van der Waals surface area contributed by atoms with E-state index >= 15 is 0 Å². The Morgan fingerprint density at radius 3 is 2.81 bits per heavy atom. The summed E-state index contributed by atoms with van der Waals surface area (Å²) in [6.07, 6.45) is 1.10. The van der Waals surface area contributed by atoms with Crippen molar-refractivity contribution in [1.82, 2.24) is 5.32 Å². The molecule has 0 amide bonds. The highest BCUT2D eigenvalue weighted by atomic mass is 35.5. The van der Waals surface area contributed by atoms with E-state index in [4.69, 9.17) is 11.6 Å². The second-order valence-corrected chi connectivity index (χ2v) is 4.66. The summed E-state index contributed by atoms with van der Waals surface area (Å²) in [6, 6.07) is 5.09. The average molecular weight is 264 g/mol. The Balaban J connectivity index is 0.00000128. The third-order valence-corrected chi connectivity index (χ3v) is 3.45. The van der Waals surface area contributed by atoms with Crippen LogP contribution in [0.3, 0.4) is 0 Å². The van der Waals surface area contributed by atoms with Crippen LogP contribution in [0.15, 0.2) is 18.2 Å². The molecular weight excluding hydrogens is 248 g/mol. The van der Waals surface area contributed by atoms with Crippen LogP contribution in [0.5, 0.6) is 0 Å². The lowest BCUT2D eigenvalue weighted by Gasteiger charge is -2.30. The van der Waals surface area contributed by atoms with Crippen LogP contribution in [0.25, 0.3) is 0 Å². The summed E-state index contributed by atoms with van der Waals surface area (Å²) < 4.78 is 13.0. The van der Waals surface area contributed by atoms with E-state index in [1.54, 1.807) is 6.07 Å². The fourth-order valence-corrected chi connectivity index (χ4v) is 2.44. The Labute approximate surface area is 107 Å². The summed E-state index contributed by atoms with van der Waals surface area (Å²) >= 11 is 5.79. The Hall–Kier alpha value is -0.310. The molecule has 1 aromatic rings. The van der Waals surface area contributed by atoms with Crippen molar-refractivity contribution in [2.24, 2.45) is 5.92 Å². The molecule has 16 heavy (non-hydrogen) atoms. The van der Waals surface area contributed by atoms with Gasteiger partial charge in [0, 0.05) is 0 Å². The Morgan fingerprint density at radius 1 is 1.44 bits per heavy atom. The molecule has 0 aromatic heterocycles. The van der Waals surface area contributed by atoms with Gasteiger partial charge in [-0.25, -0.2) is 4.39 Å². The summed E-state index contributed by atoms with van der Waals surface area (Å²) in [4.78, 5) is 0. The summed E-state index contributed by atoms with van der Waals surface area (Å²) in [5.74, 6) is 0.756. The molecule has 90 valence electrons. The summed E-state index contributed by atoms with van der Waals surface area (Å²) in [5, 5.41) is 3.59. The Kier molecular flexibility index (Phi) is 5.03. The smallest absolute Gasteiger partial charge is 0.141 e. The van der Waals surface area contributed by atoms with Crippen molar-refractivity contribution >= 4 is 24.0 Å². The first-order chi connectivity index (χ1) is 7.18. The van der Waals surface area contributed by atoms with Gasteiger partial charge in [-0.1, -0.05) is 24.6 Å². The molecule has 1 aliphatic heterocycles. The standard InChI is InChI=1S/C12H15ClFN.ClH/c1-8-7-15-5-4-10(8)9-2-3-12(14)11(13)6-9;/h2-3,6,8,10,15H,4-5,7H2,1H3;1H/t8-,10+;/m0./s1. The molecule has 1 nitrogen and oxygen atoms in total. The fraction of sp³-hybridized carbons (Fsp3) is 0.500. The second-order valence-electron chi connectivity index (χ2n) is 4.25. The first kappa shape index (κ1) is 13.8. The summed E-state index contributed by atoms with van der Waals surface area (Å²) in [6.45, 7) is 4.28. The SMILES string of the molecule is C[C@H]1CNCC[C@H]1c1ccc(F)c(Cl)c1.Cl. The molecule has 1 heterocycles. The lowest BCUT2D eigenvalue weighted by molar-refractivity contribution is 0.349. The van der Waals surface area contributed by atoms with Gasteiger partial charge in [0.15, 0.2) is 0 Å². The first-order valence-corrected chi connectivity index (χ1v) is 5.72. The number of rotatable bonds is 1.